The number of allylic oxidation sites excluding steroid dienone is 1. The maximum atomic E-state index is 13.9. The van der Waals surface area contributed by atoms with Crippen molar-refractivity contribution in [1.82, 2.24) is 9.97 Å². The highest BCUT2D eigenvalue weighted by Crippen LogP contribution is 2.50. The smallest absolute Gasteiger partial charge is 0.264 e. The zero-order valence-electron chi connectivity index (χ0n) is 20.6. The highest BCUT2D eigenvalue weighted by molar-refractivity contribution is 6.19. The molecular weight excluding hydrogens is 492 g/mol. The normalized spacial score (nSPS) is 18.1. The van der Waals surface area contributed by atoms with Gasteiger partial charge in [0.05, 0.1) is 12.7 Å². The molecule has 0 amide bonds. The molecule has 0 saturated heterocycles. The standard InChI is InChI=1S/C31H20N4O4/c1-38-19-12-10-18(11-13-19)31(37)28(22(14-32)29(36)24-16-34-26-8-4-2-6-20(24)26)23(15-33)30(39-31)25-17-35-27-9-5-3-7-21(25)27/h2-13,16-17,34-35,37H,1H3/b28-22+. The molecule has 3 heterocycles. The number of ketones is 1. The number of aromatic amines is 2. The van der Waals surface area contributed by atoms with Gasteiger partial charge >= 0.3 is 0 Å². The molecule has 1 unspecified atom stereocenters. The summed E-state index contributed by atoms with van der Waals surface area (Å²) in [4.78, 5) is 20.1. The number of fused-ring (bicyclic) bond motifs is 2. The zero-order valence-corrected chi connectivity index (χ0v) is 20.6. The van der Waals surface area contributed by atoms with E-state index in [0.717, 1.165) is 10.9 Å². The van der Waals surface area contributed by atoms with E-state index >= 15 is 0 Å². The number of benzene rings is 3. The van der Waals surface area contributed by atoms with E-state index < -0.39 is 17.1 Å². The second-order valence-corrected chi connectivity index (χ2v) is 8.98. The fourth-order valence-corrected chi connectivity index (χ4v) is 5.02. The Hall–Kier alpha value is -5.57. The van der Waals surface area contributed by atoms with Crippen LogP contribution >= 0.6 is 0 Å². The Bertz CT molecular complexity index is 1930. The summed E-state index contributed by atoms with van der Waals surface area (Å²) in [5.41, 5.74) is 1.76. The number of para-hydroxylation sites is 2. The minimum atomic E-state index is -2.31. The fourth-order valence-electron chi connectivity index (χ4n) is 5.02. The SMILES string of the molecule is COc1ccc(C2(O)OC(c3c[nH]c4ccccc34)=C(C#N)/C2=C(/C#N)C(=O)c2c[nH]c3ccccc23)cc1. The molecule has 3 N–H and O–H groups in total. The van der Waals surface area contributed by atoms with Crippen LogP contribution in [0.1, 0.15) is 21.5 Å². The molecule has 8 heteroatoms. The van der Waals surface area contributed by atoms with Crippen LogP contribution < -0.4 is 4.74 Å². The van der Waals surface area contributed by atoms with Gasteiger partial charge in [-0.3, -0.25) is 4.79 Å². The van der Waals surface area contributed by atoms with Gasteiger partial charge in [0.2, 0.25) is 5.78 Å². The van der Waals surface area contributed by atoms with Gasteiger partial charge in [0.15, 0.2) is 5.76 Å². The quantitative estimate of drug-likeness (QED) is 0.162. The van der Waals surface area contributed by atoms with Crippen molar-refractivity contribution in [2.45, 2.75) is 5.79 Å². The van der Waals surface area contributed by atoms with Crippen LogP contribution in [-0.2, 0) is 10.5 Å². The summed E-state index contributed by atoms with van der Waals surface area (Å²) >= 11 is 0. The van der Waals surface area contributed by atoms with Crippen LogP contribution in [0.2, 0.25) is 0 Å². The number of hydrogen-bond acceptors (Lipinski definition) is 6. The van der Waals surface area contributed by atoms with Crippen molar-refractivity contribution in [3.05, 3.63) is 119 Å². The first-order chi connectivity index (χ1) is 19.0. The molecule has 0 radical (unpaired) electrons. The van der Waals surface area contributed by atoms with Gasteiger partial charge in [0.25, 0.3) is 5.79 Å². The molecule has 5 aromatic rings. The van der Waals surface area contributed by atoms with Crippen molar-refractivity contribution in [3.63, 3.8) is 0 Å². The van der Waals surface area contributed by atoms with Crippen molar-refractivity contribution in [3.8, 4) is 17.9 Å². The first-order valence-electron chi connectivity index (χ1n) is 12.0. The van der Waals surface area contributed by atoms with E-state index in [2.05, 4.69) is 16.0 Å². The van der Waals surface area contributed by atoms with Crippen LogP contribution in [0.15, 0.2) is 102 Å². The van der Waals surface area contributed by atoms with Gasteiger partial charge < -0.3 is 24.5 Å². The molecule has 1 aliphatic heterocycles. The topological polar surface area (TPSA) is 135 Å². The van der Waals surface area contributed by atoms with Gasteiger partial charge in [0.1, 0.15) is 29.0 Å². The lowest BCUT2D eigenvalue weighted by atomic mass is 9.86. The van der Waals surface area contributed by atoms with E-state index in [4.69, 9.17) is 9.47 Å². The van der Waals surface area contributed by atoms with Crippen molar-refractivity contribution < 1.29 is 19.4 Å². The zero-order chi connectivity index (χ0) is 27.1. The highest BCUT2D eigenvalue weighted by Gasteiger charge is 2.50. The number of ether oxygens (including phenoxy) is 2. The summed E-state index contributed by atoms with van der Waals surface area (Å²) in [7, 11) is 1.51. The average molecular weight is 513 g/mol. The monoisotopic (exact) mass is 512 g/mol. The molecule has 8 nitrogen and oxygen atoms in total. The predicted molar refractivity (Wildman–Crippen MR) is 144 cm³/mol. The third kappa shape index (κ3) is 3.59. The minimum absolute atomic E-state index is 0.0581. The number of nitrogens with one attached hydrogen (secondary N) is 2. The number of carbonyl (C=O) groups is 1. The summed E-state index contributed by atoms with van der Waals surface area (Å²) in [5, 5.41) is 34.2. The molecule has 188 valence electrons. The Kier molecular flexibility index (Phi) is 5.54. The van der Waals surface area contributed by atoms with Crippen molar-refractivity contribution >= 4 is 33.3 Å². The Morgan fingerprint density at radius 2 is 1.56 bits per heavy atom. The maximum Gasteiger partial charge on any atom is 0.264 e. The highest BCUT2D eigenvalue weighted by atomic mass is 16.6. The van der Waals surface area contributed by atoms with Gasteiger partial charge in [-0.2, -0.15) is 10.5 Å². The molecule has 0 spiro atoms. The van der Waals surface area contributed by atoms with E-state index in [9.17, 15) is 20.4 Å². The Labute approximate surface area is 222 Å². The van der Waals surface area contributed by atoms with Gasteiger partial charge in [-0.05, 0) is 36.4 Å². The molecule has 0 bridgehead atoms. The van der Waals surface area contributed by atoms with Crippen molar-refractivity contribution in [2.24, 2.45) is 0 Å². The molecule has 3 aromatic carbocycles. The lowest BCUT2D eigenvalue weighted by Crippen LogP contribution is -2.29. The summed E-state index contributed by atoms with van der Waals surface area (Å²) in [6, 6.07) is 25.1. The second-order valence-electron chi connectivity index (χ2n) is 8.98. The molecule has 1 aliphatic rings. The lowest BCUT2D eigenvalue weighted by molar-refractivity contribution is -0.120. The molecule has 39 heavy (non-hydrogen) atoms. The van der Waals surface area contributed by atoms with Crippen molar-refractivity contribution in [1.29, 1.82) is 10.5 Å². The average Bonchev–Trinajstić information content (AvgIpc) is 3.68. The van der Waals surface area contributed by atoms with E-state index in [0.29, 0.717) is 22.2 Å². The number of rotatable bonds is 5. The number of aromatic nitrogens is 2. The van der Waals surface area contributed by atoms with E-state index in [1.165, 1.54) is 13.3 Å². The van der Waals surface area contributed by atoms with Gasteiger partial charge in [-0.15, -0.1) is 0 Å². The van der Waals surface area contributed by atoms with Crippen LogP contribution in [0.5, 0.6) is 5.75 Å². The number of H-pyrrole nitrogens is 2. The second kappa shape index (κ2) is 9.07. The van der Waals surface area contributed by atoms with Crippen LogP contribution in [0.3, 0.4) is 0 Å². The number of hydrogen-bond donors (Lipinski definition) is 3. The number of carbonyl (C=O) groups excluding carboxylic acids is 1. The van der Waals surface area contributed by atoms with Crippen LogP contribution in [0, 0.1) is 22.7 Å². The number of nitriles is 2. The third-order valence-corrected chi connectivity index (χ3v) is 6.92. The molecule has 0 fully saturated rings. The largest absolute Gasteiger partial charge is 0.497 e. The molecule has 0 saturated carbocycles. The first-order valence-corrected chi connectivity index (χ1v) is 12.0. The number of aliphatic hydroxyl groups is 1. The summed E-state index contributed by atoms with van der Waals surface area (Å²) in [6.45, 7) is 0. The van der Waals surface area contributed by atoms with Gasteiger partial charge in [0, 0.05) is 50.9 Å². The summed E-state index contributed by atoms with van der Waals surface area (Å²) < 4.78 is 11.4. The molecule has 0 aliphatic carbocycles. The Morgan fingerprint density at radius 3 is 2.23 bits per heavy atom. The van der Waals surface area contributed by atoms with Crippen LogP contribution in [-0.4, -0.2) is 28.0 Å². The van der Waals surface area contributed by atoms with Gasteiger partial charge in [-0.25, -0.2) is 0 Å². The summed E-state index contributed by atoms with van der Waals surface area (Å²) in [5.74, 6) is -2.36. The molecule has 1 atom stereocenters. The van der Waals surface area contributed by atoms with Crippen LogP contribution in [0.4, 0.5) is 0 Å². The number of Topliss-reactive ketones (excluding diaryl/α,β-unsaturated/α-hetero) is 1. The molecule has 2 aromatic heterocycles. The van der Waals surface area contributed by atoms with E-state index in [1.807, 2.05) is 42.5 Å². The lowest BCUT2D eigenvalue weighted by Gasteiger charge is -2.26. The first kappa shape index (κ1) is 23.8. The number of methoxy groups -OCH3 is 1. The van der Waals surface area contributed by atoms with E-state index in [-0.39, 0.29) is 28.0 Å². The van der Waals surface area contributed by atoms with E-state index in [1.54, 1.807) is 42.6 Å². The fraction of sp³-hybridized carbons (Fsp3) is 0.0645. The Balaban J connectivity index is 1.64. The molecular formula is C31H20N4O4. The predicted octanol–water partition coefficient (Wildman–Crippen LogP) is 5.47. The van der Waals surface area contributed by atoms with Crippen molar-refractivity contribution in [2.75, 3.05) is 7.11 Å². The van der Waals surface area contributed by atoms with Gasteiger partial charge in [-0.1, -0.05) is 36.4 Å². The maximum absolute atomic E-state index is 13.9. The minimum Gasteiger partial charge on any atom is -0.497 e. The number of nitrogens with zero attached hydrogens (tertiary/aromatic N) is 2. The summed E-state index contributed by atoms with van der Waals surface area (Å²) in [6.07, 6.45) is 3.19. The third-order valence-electron chi connectivity index (χ3n) is 6.92. The Morgan fingerprint density at radius 1 is 0.923 bits per heavy atom. The molecule has 6 rings (SSSR count). The van der Waals surface area contributed by atoms with Crippen LogP contribution in [0.25, 0.3) is 27.6 Å².